The molecule has 0 atom stereocenters. The van der Waals surface area contributed by atoms with Gasteiger partial charge in [-0.15, -0.1) is 0 Å². The van der Waals surface area contributed by atoms with Crippen LogP contribution >= 0.6 is 11.6 Å². The molecule has 1 aliphatic heterocycles. The maximum absolute atomic E-state index is 13.4. The molecular weight excluding hydrogens is 408 g/mol. The predicted molar refractivity (Wildman–Crippen MR) is 113 cm³/mol. The number of carbonyl (C=O) groups excluding carboxylic acids is 1. The van der Waals surface area contributed by atoms with Crippen molar-refractivity contribution in [1.29, 1.82) is 0 Å². The highest BCUT2D eigenvalue weighted by Gasteiger charge is 2.36. The van der Waals surface area contributed by atoms with Gasteiger partial charge in [0.1, 0.15) is 4.90 Å². The van der Waals surface area contributed by atoms with Crippen molar-refractivity contribution in [2.75, 3.05) is 11.4 Å². The maximum atomic E-state index is 13.4. The largest absolute Gasteiger partial charge is 0.305 e. The Morgan fingerprint density at radius 2 is 1.48 bits per heavy atom. The first-order valence-corrected chi connectivity index (χ1v) is 11.0. The minimum atomic E-state index is -3.88. The molecule has 0 bridgehead atoms. The van der Waals surface area contributed by atoms with E-state index >= 15 is 0 Å². The van der Waals surface area contributed by atoms with Crippen LogP contribution in [0.3, 0.4) is 0 Å². The van der Waals surface area contributed by atoms with Crippen molar-refractivity contribution in [3.63, 3.8) is 0 Å². The van der Waals surface area contributed by atoms with Gasteiger partial charge in [-0.3, -0.25) is 4.79 Å². The summed E-state index contributed by atoms with van der Waals surface area (Å²) in [6.45, 7) is 0.0719. The molecule has 0 aromatic heterocycles. The van der Waals surface area contributed by atoms with Crippen LogP contribution in [0.25, 0.3) is 0 Å². The molecule has 0 aliphatic carbocycles. The van der Waals surface area contributed by atoms with Gasteiger partial charge < -0.3 is 4.90 Å². The quantitative estimate of drug-likeness (QED) is 0.631. The number of fused-ring (bicyclic) bond motifs is 1. The Balaban J connectivity index is 1.77. The molecule has 4 rings (SSSR count). The average molecular weight is 427 g/mol. The molecule has 7 heteroatoms. The van der Waals surface area contributed by atoms with E-state index < -0.39 is 10.0 Å². The van der Waals surface area contributed by atoms with Crippen molar-refractivity contribution in [1.82, 2.24) is 4.31 Å². The summed E-state index contributed by atoms with van der Waals surface area (Å²) in [6, 6.07) is 23.2. The lowest BCUT2D eigenvalue weighted by atomic mass is 10.2. The molecule has 0 radical (unpaired) electrons. The van der Waals surface area contributed by atoms with Crippen LogP contribution in [0.1, 0.15) is 11.1 Å². The second-order valence-corrected chi connectivity index (χ2v) is 9.11. The van der Waals surface area contributed by atoms with Gasteiger partial charge in [-0.2, -0.15) is 4.31 Å². The topological polar surface area (TPSA) is 57.7 Å². The molecule has 3 aromatic rings. The zero-order valence-corrected chi connectivity index (χ0v) is 17.1. The highest BCUT2D eigenvalue weighted by Crippen LogP contribution is 2.33. The summed E-state index contributed by atoms with van der Waals surface area (Å²) in [4.78, 5) is 14.8. The van der Waals surface area contributed by atoms with Gasteiger partial charge in [0, 0.05) is 11.6 Å². The minimum Gasteiger partial charge on any atom is -0.305 e. The highest BCUT2D eigenvalue weighted by molar-refractivity contribution is 7.89. The normalized spacial score (nSPS) is 16.3. The lowest BCUT2D eigenvalue weighted by Gasteiger charge is -2.22. The standard InChI is InChI=1S/C22H19ClN2O3S/c23-19-11-5-4-10-18(19)15-24-16-22(26)25(14-17-8-2-1-3-9-17)20-12-6-7-13-21(20)29(24,27)28/h1-13H,14-16H2. The van der Waals surface area contributed by atoms with Crippen molar-refractivity contribution in [2.45, 2.75) is 18.0 Å². The van der Waals surface area contributed by atoms with Crippen molar-refractivity contribution in [3.05, 3.63) is 95.0 Å². The van der Waals surface area contributed by atoms with Crippen molar-refractivity contribution < 1.29 is 13.2 Å². The molecule has 0 unspecified atom stereocenters. The predicted octanol–water partition coefficient (Wildman–Crippen LogP) is 4.08. The van der Waals surface area contributed by atoms with E-state index in [4.69, 9.17) is 11.6 Å². The van der Waals surface area contributed by atoms with Gasteiger partial charge in [0.05, 0.1) is 18.8 Å². The number of halogens is 1. The summed E-state index contributed by atoms with van der Waals surface area (Å²) in [5.41, 5.74) is 1.97. The third kappa shape index (κ3) is 3.92. The van der Waals surface area contributed by atoms with Gasteiger partial charge in [-0.1, -0.05) is 72.3 Å². The summed E-state index contributed by atoms with van der Waals surface area (Å²) in [5.74, 6) is -0.283. The van der Waals surface area contributed by atoms with E-state index in [2.05, 4.69) is 0 Å². The maximum Gasteiger partial charge on any atom is 0.245 e. The summed E-state index contributed by atoms with van der Waals surface area (Å²) in [5, 5.41) is 0.467. The Bertz CT molecular complexity index is 1150. The molecule has 5 nitrogen and oxygen atoms in total. The van der Waals surface area contributed by atoms with Crippen LogP contribution in [0.4, 0.5) is 5.69 Å². The SMILES string of the molecule is O=C1CN(Cc2ccccc2Cl)S(=O)(=O)c2ccccc2N1Cc1ccccc1. The summed E-state index contributed by atoms with van der Waals surface area (Å²) in [6.07, 6.45) is 0. The molecule has 0 N–H and O–H groups in total. The van der Waals surface area contributed by atoms with E-state index in [1.54, 1.807) is 48.5 Å². The fourth-order valence-electron chi connectivity index (χ4n) is 3.39. The number of amides is 1. The number of hydrogen-bond donors (Lipinski definition) is 0. The van der Waals surface area contributed by atoms with Gasteiger partial charge in [-0.25, -0.2) is 8.42 Å². The number of anilines is 1. The van der Waals surface area contributed by atoms with Crippen LogP contribution in [0.15, 0.2) is 83.8 Å². The fraction of sp³-hybridized carbons (Fsp3) is 0.136. The van der Waals surface area contributed by atoms with E-state index in [1.807, 2.05) is 30.3 Å². The van der Waals surface area contributed by atoms with E-state index in [-0.39, 0.29) is 23.9 Å². The lowest BCUT2D eigenvalue weighted by Crippen LogP contribution is -2.38. The lowest BCUT2D eigenvalue weighted by molar-refractivity contribution is -0.119. The first kappa shape index (κ1) is 19.6. The smallest absolute Gasteiger partial charge is 0.245 e. The second kappa shape index (κ2) is 7.99. The summed E-state index contributed by atoms with van der Waals surface area (Å²) < 4.78 is 28.0. The van der Waals surface area contributed by atoms with Crippen LogP contribution in [0.5, 0.6) is 0 Å². The van der Waals surface area contributed by atoms with Crippen LogP contribution < -0.4 is 4.90 Å². The van der Waals surface area contributed by atoms with Crippen LogP contribution in [-0.2, 0) is 27.9 Å². The van der Waals surface area contributed by atoms with E-state index in [0.717, 1.165) is 5.56 Å². The Morgan fingerprint density at radius 1 is 0.828 bits per heavy atom. The summed E-state index contributed by atoms with van der Waals surface area (Å²) >= 11 is 6.23. The molecule has 1 aliphatic rings. The Labute approximate surface area is 175 Å². The monoisotopic (exact) mass is 426 g/mol. The van der Waals surface area contributed by atoms with Gasteiger partial charge >= 0.3 is 0 Å². The molecule has 3 aromatic carbocycles. The molecule has 0 saturated carbocycles. The van der Waals surface area contributed by atoms with Crippen LogP contribution in [0.2, 0.25) is 5.02 Å². The van der Waals surface area contributed by atoms with Crippen LogP contribution in [0, 0.1) is 0 Å². The molecule has 148 valence electrons. The fourth-order valence-corrected chi connectivity index (χ4v) is 5.15. The first-order chi connectivity index (χ1) is 14.0. The summed E-state index contributed by atoms with van der Waals surface area (Å²) in [7, 11) is -3.88. The Morgan fingerprint density at radius 3 is 2.24 bits per heavy atom. The average Bonchev–Trinajstić information content (AvgIpc) is 2.80. The number of nitrogens with zero attached hydrogens (tertiary/aromatic N) is 2. The number of benzene rings is 3. The first-order valence-electron chi connectivity index (χ1n) is 9.14. The van der Waals surface area contributed by atoms with E-state index in [1.165, 1.54) is 9.21 Å². The third-order valence-corrected chi connectivity index (χ3v) is 7.08. The van der Waals surface area contributed by atoms with Crippen LogP contribution in [-0.4, -0.2) is 25.2 Å². The zero-order valence-electron chi connectivity index (χ0n) is 15.5. The Kier molecular flexibility index (Phi) is 5.41. The van der Waals surface area contributed by atoms with Crippen molar-refractivity contribution >= 4 is 33.2 Å². The number of hydrogen-bond acceptors (Lipinski definition) is 3. The van der Waals surface area contributed by atoms with E-state index in [0.29, 0.717) is 22.8 Å². The third-order valence-electron chi connectivity index (χ3n) is 4.87. The molecule has 1 heterocycles. The van der Waals surface area contributed by atoms with Crippen molar-refractivity contribution in [2.24, 2.45) is 0 Å². The number of rotatable bonds is 4. The molecule has 29 heavy (non-hydrogen) atoms. The van der Waals surface area contributed by atoms with Crippen molar-refractivity contribution in [3.8, 4) is 0 Å². The number of carbonyl (C=O) groups is 1. The van der Waals surface area contributed by atoms with Gasteiger partial charge in [0.15, 0.2) is 0 Å². The molecule has 1 amide bonds. The Hall–Kier alpha value is -2.67. The zero-order chi connectivity index (χ0) is 20.4. The van der Waals surface area contributed by atoms with Gasteiger partial charge in [0.2, 0.25) is 15.9 Å². The van der Waals surface area contributed by atoms with Gasteiger partial charge in [-0.05, 0) is 29.3 Å². The van der Waals surface area contributed by atoms with Gasteiger partial charge in [0.25, 0.3) is 0 Å². The number of para-hydroxylation sites is 1. The minimum absolute atomic E-state index is 0.0290. The molecule has 0 fully saturated rings. The molecule has 0 saturated heterocycles. The molecular formula is C22H19ClN2O3S. The number of sulfonamides is 1. The van der Waals surface area contributed by atoms with E-state index in [9.17, 15) is 13.2 Å². The second-order valence-electron chi connectivity index (χ2n) is 6.80. The highest BCUT2D eigenvalue weighted by atomic mass is 35.5. The molecule has 0 spiro atoms.